The molecule has 0 aliphatic carbocycles. The van der Waals surface area contributed by atoms with Crippen LogP contribution in [-0.2, 0) is 16.1 Å². The number of esters is 1. The second-order valence-electron chi connectivity index (χ2n) is 7.88. The lowest BCUT2D eigenvalue weighted by Crippen LogP contribution is -2.26. The van der Waals surface area contributed by atoms with Gasteiger partial charge in [0.15, 0.2) is 10.8 Å². The summed E-state index contributed by atoms with van der Waals surface area (Å²) in [6, 6.07) is 24.7. The number of nitrogens with zero attached hydrogens (tertiary/aromatic N) is 1. The summed E-state index contributed by atoms with van der Waals surface area (Å²) in [6.45, 7) is 4.46. The molecule has 1 heterocycles. The number of carbonyl (C=O) groups is 2. The molecule has 0 aliphatic heterocycles. The molecule has 3 aromatic carbocycles. The van der Waals surface area contributed by atoms with Gasteiger partial charge in [0, 0.05) is 23.2 Å². The van der Waals surface area contributed by atoms with E-state index < -0.39 is 18.0 Å². The number of amides is 1. The molecule has 0 bridgehead atoms. The van der Waals surface area contributed by atoms with Crippen molar-refractivity contribution < 1.29 is 14.3 Å². The van der Waals surface area contributed by atoms with Gasteiger partial charge in [-0.1, -0.05) is 72.8 Å². The van der Waals surface area contributed by atoms with Gasteiger partial charge in [-0.05, 0) is 36.6 Å². The lowest BCUT2D eigenvalue weighted by atomic mass is 10.1. The lowest BCUT2D eigenvalue weighted by molar-refractivity contribution is -0.125. The molecule has 1 unspecified atom stereocenters. The fraction of sp³-hybridized carbons (Fsp3) is 0.148. The largest absolute Gasteiger partial charge is 0.443 e. The van der Waals surface area contributed by atoms with Gasteiger partial charge in [0.1, 0.15) is 0 Å². The van der Waals surface area contributed by atoms with Crippen LogP contribution in [0.2, 0.25) is 0 Å². The summed E-state index contributed by atoms with van der Waals surface area (Å²) < 4.78 is 5.67. The van der Waals surface area contributed by atoms with Crippen LogP contribution in [0.25, 0.3) is 0 Å². The van der Waals surface area contributed by atoms with Crippen LogP contribution >= 0.6 is 11.3 Å². The zero-order chi connectivity index (χ0) is 23.9. The third kappa shape index (κ3) is 5.88. The smallest absolute Gasteiger partial charge is 0.359 e. The topological polar surface area (TPSA) is 80.3 Å². The lowest BCUT2D eigenvalue weighted by Gasteiger charge is -2.18. The summed E-state index contributed by atoms with van der Waals surface area (Å²) in [4.78, 5) is 30.4. The van der Waals surface area contributed by atoms with E-state index in [1.807, 2.05) is 68.4 Å². The van der Waals surface area contributed by atoms with Gasteiger partial charge in [0.2, 0.25) is 6.10 Å². The van der Waals surface area contributed by atoms with E-state index in [-0.39, 0.29) is 5.69 Å². The number of rotatable bonds is 8. The highest BCUT2D eigenvalue weighted by Crippen LogP contribution is 2.25. The molecule has 4 aromatic rings. The first-order chi connectivity index (χ1) is 16.5. The molecule has 4 rings (SSSR count). The molecule has 2 N–H and O–H groups in total. The van der Waals surface area contributed by atoms with E-state index >= 15 is 0 Å². The van der Waals surface area contributed by atoms with Crippen molar-refractivity contribution in [2.24, 2.45) is 0 Å². The number of hydrogen-bond acceptors (Lipinski definition) is 6. The number of aromatic nitrogens is 1. The van der Waals surface area contributed by atoms with Gasteiger partial charge >= 0.3 is 5.97 Å². The minimum atomic E-state index is -1.11. The molecule has 6 nitrogen and oxygen atoms in total. The monoisotopic (exact) mass is 471 g/mol. The highest BCUT2D eigenvalue weighted by Gasteiger charge is 2.27. The fourth-order valence-corrected chi connectivity index (χ4v) is 4.04. The number of nitrogens with one attached hydrogen (secondary N) is 2. The van der Waals surface area contributed by atoms with E-state index in [9.17, 15) is 9.59 Å². The minimum absolute atomic E-state index is 0.154. The zero-order valence-corrected chi connectivity index (χ0v) is 19.8. The van der Waals surface area contributed by atoms with Crippen molar-refractivity contribution >= 4 is 34.0 Å². The average Bonchev–Trinajstić information content (AvgIpc) is 3.34. The molecular weight excluding hydrogens is 446 g/mol. The molecule has 0 spiro atoms. The molecule has 1 atom stereocenters. The Hall–Kier alpha value is -3.97. The average molecular weight is 472 g/mol. The van der Waals surface area contributed by atoms with Gasteiger partial charge in [-0.15, -0.1) is 11.3 Å². The van der Waals surface area contributed by atoms with Crippen molar-refractivity contribution in [1.29, 1.82) is 0 Å². The van der Waals surface area contributed by atoms with Crippen molar-refractivity contribution in [2.75, 3.05) is 10.6 Å². The number of carbonyl (C=O) groups excluding carboxylic acids is 2. The number of anilines is 2. The van der Waals surface area contributed by atoms with Crippen molar-refractivity contribution in [3.05, 3.63) is 112 Å². The normalized spacial score (nSPS) is 11.5. The second kappa shape index (κ2) is 10.8. The van der Waals surface area contributed by atoms with Crippen LogP contribution in [0.15, 0.2) is 84.2 Å². The van der Waals surface area contributed by atoms with E-state index in [0.29, 0.717) is 22.9 Å². The zero-order valence-electron chi connectivity index (χ0n) is 18.9. The Morgan fingerprint density at radius 2 is 1.68 bits per heavy atom. The van der Waals surface area contributed by atoms with Gasteiger partial charge in [-0.3, -0.25) is 4.79 Å². The molecule has 0 radical (unpaired) electrons. The van der Waals surface area contributed by atoms with Gasteiger partial charge in [0.05, 0.1) is 0 Å². The van der Waals surface area contributed by atoms with Crippen LogP contribution < -0.4 is 10.6 Å². The van der Waals surface area contributed by atoms with Crippen molar-refractivity contribution in [2.45, 2.75) is 26.5 Å². The number of hydrogen-bond donors (Lipinski definition) is 2. The molecule has 7 heteroatoms. The quantitative estimate of drug-likeness (QED) is 0.312. The predicted molar refractivity (Wildman–Crippen MR) is 135 cm³/mol. The third-order valence-electron chi connectivity index (χ3n) is 5.22. The first-order valence-corrected chi connectivity index (χ1v) is 11.7. The molecule has 0 saturated carbocycles. The van der Waals surface area contributed by atoms with E-state index in [0.717, 1.165) is 16.7 Å². The third-order valence-corrected chi connectivity index (χ3v) is 6.02. The highest BCUT2D eigenvalue weighted by molar-refractivity contribution is 7.13. The molecule has 172 valence electrons. The molecule has 34 heavy (non-hydrogen) atoms. The SMILES string of the molecule is Cc1ccc(C)c(NC(=O)C(OC(=O)c2csc(NCc3ccccc3)n2)c2ccccc2)c1. The maximum Gasteiger partial charge on any atom is 0.359 e. The Bertz CT molecular complexity index is 1270. The van der Waals surface area contributed by atoms with Gasteiger partial charge in [-0.2, -0.15) is 0 Å². The highest BCUT2D eigenvalue weighted by atomic mass is 32.1. The number of thiazole rings is 1. The maximum absolute atomic E-state index is 13.2. The Labute approximate surface area is 202 Å². The van der Waals surface area contributed by atoms with Gasteiger partial charge < -0.3 is 15.4 Å². The van der Waals surface area contributed by atoms with Crippen LogP contribution in [0.1, 0.15) is 38.8 Å². The fourth-order valence-electron chi connectivity index (χ4n) is 3.36. The molecule has 0 fully saturated rings. The molecule has 0 saturated heterocycles. The van der Waals surface area contributed by atoms with Crippen molar-refractivity contribution in [3.63, 3.8) is 0 Å². The van der Waals surface area contributed by atoms with E-state index in [1.54, 1.807) is 29.6 Å². The Kier molecular flexibility index (Phi) is 7.34. The maximum atomic E-state index is 13.2. The number of aryl methyl sites for hydroxylation is 2. The summed E-state index contributed by atoms with van der Waals surface area (Å²) in [7, 11) is 0. The Balaban J connectivity index is 1.48. The van der Waals surface area contributed by atoms with Crippen LogP contribution in [0.4, 0.5) is 10.8 Å². The summed E-state index contributed by atoms with van der Waals surface area (Å²) in [6.07, 6.45) is -1.11. The molecular formula is C27H25N3O3S. The standard InChI is InChI=1S/C27H25N3O3S/c1-18-13-14-19(2)22(15-18)29-25(31)24(21-11-7-4-8-12-21)33-26(32)23-17-34-27(30-23)28-16-20-9-5-3-6-10-20/h3-15,17,24H,16H2,1-2H3,(H,28,30)(H,29,31). The molecule has 0 aliphatic rings. The Morgan fingerprint density at radius 1 is 0.971 bits per heavy atom. The number of ether oxygens (including phenoxy) is 1. The van der Waals surface area contributed by atoms with Crippen molar-refractivity contribution in [3.8, 4) is 0 Å². The molecule has 1 aromatic heterocycles. The molecule has 1 amide bonds. The summed E-state index contributed by atoms with van der Waals surface area (Å²) in [5, 5.41) is 8.34. The van der Waals surface area contributed by atoms with Crippen LogP contribution in [-0.4, -0.2) is 16.9 Å². The minimum Gasteiger partial charge on any atom is -0.443 e. The second-order valence-corrected chi connectivity index (χ2v) is 8.74. The first kappa shape index (κ1) is 23.2. The van der Waals surface area contributed by atoms with Gasteiger partial charge in [0.25, 0.3) is 5.91 Å². The summed E-state index contributed by atoms with van der Waals surface area (Å²) in [5.74, 6) is -1.08. The Morgan fingerprint density at radius 3 is 2.41 bits per heavy atom. The summed E-state index contributed by atoms with van der Waals surface area (Å²) >= 11 is 1.31. The van der Waals surface area contributed by atoms with Gasteiger partial charge in [-0.25, -0.2) is 9.78 Å². The van der Waals surface area contributed by atoms with Crippen LogP contribution in [0.3, 0.4) is 0 Å². The number of benzene rings is 3. The summed E-state index contributed by atoms with van der Waals surface area (Å²) in [5.41, 5.74) is 4.47. The van der Waals surface area contributed by atoms with Crippen LogP contribution in [0, 0.1) is 13.8 Å². The van der Waals surface area contributed by atoms with Crippen molar-refractivity contribution in [1.82, 2.24) is 4.98 Å². The first-order valence-electron chi connectivity index (χ1n) is 10.9. The van der Waals surface area contributed by atoms with E-state index in [1.165, 1.54) is 11.3 Å². The van der Waals surface area contributed by atoms with E-state index in [4.69, 9.17) is 4.74 Å². The van der Waals surface area contributed by atoms with Crippen LogP contribution in [0.5, 0.6) is 0 Å². The van der Waals surface area contributed by atoms with E-state index in [2.05, 4.69) is 15.6 Å². The predicted octanol–water partition coefficient (Wildman–Crippen LogP) is 5.91.